The Hall–Kier alpha value is -3.17. The zero-order valence-electron chi connectivity index (χ0n) is 25.9. The molecule has 2 saturated heterocycles. The summed E-state index contributed by atoms with van der Waals surface area (Å²) >= 11 is 0. The summed E-state index contributed by atoms with van der Waals surface area (Å²) in [5, 5.41) is 0.365. The molecule has 2 saturated carbocycles. The Labute approximate surface area is 259 Å². The highest BCUT2D eigenvalue weighted by Gasteiger charge is 2.68. The number of likely N-dealkylation sites (N-methyl/N-ethyl adjacent to an activating group) is 1. The van der Waals surface area contributed by atoms with Gasteiger partial charge in [0.25, 0.3) is 5.91 Å². The van der Waals surface area contributed by atoms with Crippen LogP contribution in [-0.2, 0) is 20.4 Å². The van der Waals surface area contributed by atoms with Crippen LogP contribution < -0.4 is 4.72 Å². The van der Waals surface area contributed by atoms with Crippen molar-refractivity contribution < 1.29 is 18.0 Å². The molecule has 2 amide bonds. The third-order valence-corrected chi connectivity index (χ3v) is 13.0. The molecular formula is C35H42N4O4S. The fourth-order valence-electron chi connectivity index (χ4n) is 9.13. The van der Waals surface area contributed by atoms with Crippen molar-refractivity contribution >= 4 is 32.7 Å². The van der Waals surface area contributed by atoms with Crippen LogP contribution in [0.1, 0.15) is 98.5 Å². The van der Waals surface area contributed by atoms with E-state index in [0.717, 1.165) is 61.8 Å². The lowest BCUT2D eigenvalue weighted by Gasteiger charge is -2.43. The molecule has 4 atom stereocenters. The number of benzene rings is 2. The molecule has 0 spiro atoms. The van der Waals surface area contributed by atoms with Gasteiger partial charge in [0.05, 0.1) is 16.5 Å². The third-order valence-electron chi connectivity index (χ3n) is 11.3. The molecule has 44 heavy (non-hydrogen) atoms. The molecule has 232 valence electrons. The number of likely N-dealkylation sites (tertiary alicyclic amines) is 1. The Bertz CT molecular complexity index is 1790. The van der Waals surface area contributed by atoms with Gasteiger partial charge in [-0.1, -0.05) is 49.6 Å². The fourth-order valence-corrected chi connectivity index (χ4v) is 9.74. The minimum atomic E-state index is -3.79. The highest BCUT2D eigenvalue weighted by atomic mass is 32.2. The summed E-state index contributed by atoms with van der Waals surface area (Å²) in [7, 11) is -1.64. The van der Waals surface area contributed by atoms with Crippen LogP contribution >= 0.6 is 0 Å². The van der Waals surface area contributed by atoms with E-state index in [9.17, 15) is 13.2 Å². The number of nitrogens with one attached hydrogen (secondary N) is 1. The number of rotatable bonds is 5. The molecular weight excluding hydrogens is 572 g/mol. The first-order chi connectivity index (χ1) is 21.1. The van der Waals surface area contributed by atoms with E-state index < -0.39 is 26.7 Å². The van der Waals surface area contributed by atoms with Gasteiger partial charge in [0.2, 0.25) is 15.9 Å². The Morgan fingerprint density at radius 3 is 2.36 bits per heavy atom. The largest absolute Gasteiger partial charge is 0.332 e. The molecule has 2 aliphatic carbocycles. The number of carbonyl (C=O) groups is 2. The third kappa shape index (κ3) is 4.00. The lowest BCUT2D eigenvalue weighted by atomic mass is 9.80. The zero-order valence-corrected chi connectivity index (χ0v) is 26.7. The first-order valence-electron chi connectivity index (χ1n) is 16.5. The van der Waals surface area contributed by atoms with Crippen LogP contribution in [0.4, 0.5) is 0 Å². The second kappa shape index (κ2) is 9.91. The number of fused-ring (bicyclic) bond motifs is 10. The van der Waals surface area contributed by atoms with Crippen molar-refractivity contribution in [2.45, 2.75) is 99.9 Å². The summed E-state index contributed by atoms with van der Waals surface area (Å²) < 4.78 is 29.9. The number of carbonyl (C=O) groups excluding carboxylic acids is 2. The van der Waals surface area contributed by atoms with Gasteiger partial charge in [-0.05, 0) is 82.2 Å². The van der Waals surface area contributed by atoms with E-state index in [4.69, 9.17) is 0 Å². The van der Waals surface area contributed by atoms with Gasteiger partial charge in [-0.2, -0.15) is 0 Å². The molecule has 9 heteroatoms. The van der Waals surface area contributed by atoms with Gasteiger partial charge in [-0.25, -0.2) is 13.1 Å². The van der Waals surface area contributed by atoms with Crippen molar-refractivity contribution in [1.29, 1.82) is 0 Å². The molecule has 1 N–H and O–H groups in total. The monoisotopic (exact) mass is 614 g/mol. The number of piperazine rings is 1. The number of sulfonamides is 1. The van der Waals surface area contributed by atoms with Gasteiger partial charge < -0.3 is 14.4 Å². The average Bonchev–Trinajstić information content (AvgIpc) is 3.59. The van der Waals surface area contributed by atoms with Gasteiger partial charge in [-0.3, -0.25) is 9.59 Å². The zero-order chi connectivity index (χ0) is 30.5. The van der Waals surface area contributed by atoms with Gasteiger partial charge >= 0.3 is 0 Å². The van der Waals surface area contributed by atoms with E-state index in [0.29, 0.717) is 11.5 Å². The van der Waals surface area contributed by atoms with Gasteiger partial charge in [0.15, 0.2) is 0 Å². The Balaban J connectivity index is 1.35. The van der Waals surface area contributed by atoms with Crippen molar-refractivity contribution in [3.05, 3.63) is 59.2 Å². The molecule has 4 fully saturated rings. The first-order valence-corrected chi connectivity index (χ1v) is 18.0. The summed E-state index contributed by atoms with van der Waals surface area (Å²) in [5.74, 6) is 0.0461. The van der Waals surface area contributed by atoms with Crippen LogP contribution in [0.2, 0.25) is 0 Å². The van der Waals surface area contributed by atoms with Crippen molar-refractivity contribution in [2.75, 3.05) is 20.1 Å². The molecule has 3 aliphatic heterocycles. The maximum Gasteiger partial charge on any atom is 0.264 e. The highest BCUT2D eigenvalue weighted by Crippen LogP contribution is 2.67. The lowest BCUT2D eigenvalue weighted by Crippen LogP contribution is -2.58. The molecule has 1 aromatic heterocycles. The number of hydrogen-bond acceptors (Lipinski definition) is 5. The van der Waals surface area contributed by atoms with E-state index >= 15 is 4.79 Å². The SMILES string of the molecule is CC(C)S(=O)(=O)NC(=O)c1ccc2c(C3CCCCC3)c3n(c2c1)[C@@]1(C(=O)N2C4CCC2CN(C)C4)CC1c1ccccc1-3. The van der Waals surface area contributed by atoms with Crippen LogP contribution in [0, 0.1) is 0 Å². The standard InChI is InChI=1S/C35H42N4O4S/c1-21(2)44(42,43)36-33(40)23-13-16-28-30(17-23)39-32(31(28)22-9-5-4-6-10-22)27-12-8-7-11-26(27)29-18-35(29,39)34(41)38-24-14-15-25(38)20-37(3)19-24/h7-8,11-13,16-17,21-22,24-25,29H,4-6,9-10,14-15,18-20H2,1-3H3,(H,36,40)/t24?,25?,29?,35-/m0/s1. The normalized spacial score (nSPS) is 28.1. The minimum Gasteiger partial charge on any atom is -0.332 e. The van der Waals surface area contributed by atoms with E-state index in [1.807, 2.05) is 12.1 Å². The highest BCUT2D eigenvalue weighted by molar-refractivity contribution is 7.90. The molecule has 8 nitrogen and oxygen atoms in total. The van der Waals surface area contributed by atoms with Crippen LogP contribution in [0.15, 0.2) is 42.5 Å². The number of hydrogen-bond donors (Lipinski definition) is 1. The van der Waals surface area contributed by atoms with Crippen LogP contribution in [0.25, 0.3) is 22.2 Å². The summed E-state index contributed by atoms with van der Waals surface area (Å²) in [6.45, 7) is 4.93. The summed E-state index contributed by atoms with van der Waals surface area (Å²) in [6, 6.07) is 14.7. The smallest absolute Gasteiger partial charge is 0.264 e. The molecule has 3 aromatic rings. The number of aromatic nitrogens is 1. The van der Waals surface area contributed by atoms with E-state index in [-0.39, 0.29) is 23.9 Å². The average molecular weight is 615 g/mol. The van der Waals surface area contributed by atoms with Crippen molar-refractivity contribution in [1.82, 2.24) is 19.1 Å². The van der Waals surface area contributed by atoms with Crippen molar-refractivity contribution in [3.8, 4) is 11.3 Å². The number of nitrogens with zero attached hydrogens (tertiary/aromatic N) is 3. The molecule has 2 bridgehead atoms. The lowest BCUT2D eigenvalue weighted by molar-refractivity contribution is -0.142. The van der Waals surface area contributed by atoms with Gasteiger partial charge in [-0.15, -0.1) is 0 Å². The van der Waals surface area contributed by atoms with Crippen molar-refractivity contribution in [3.63, 3.8) is 0 Å². The maximum absolute atomic E-state index is 15.1. The molecule has 3 unspecified atom stereocenters. The predicted octanol–water partition coefficient (Wildman–Crippen LogP) is 5.33. The summed E-state index contributed by atoms with van der Waals surface area (Å²) in [6.07, 6.45) is 8.65. The molecule has 5 aliphatic rings. The summed E-state index contributed by atoms with van der Waals surface area (Å²) in [4.78, 5) is 33.1. The first kappa shape index (κ1) is 28.3. The Morgan fingerprint density at radius 2 is 1.66 bits per heavy atom. The quantitative estimate of drug-likeness (QED) is 0.420. The van der Waals surface area contributed by atoms with E-state index in [1.54, 1.807) is 19.9 Å². The minimum absolute atomic E-state index is 0.0753. The Kier molecular flexibility index (Phi) is 6.38. The maximum atomic E-state index is 15.1. The topological polar surface area (TPSA) is 91.7 Å². The molecule has 2 aromatic carbocycles. The number of amides is 2. The second-order valence-electron chi connectivity index (χ2n) is 14.3. The molecule has 0 radical (unpaired) electrons. The molecule has 8 rings (SSSR count). The van der Waals surface area contributed by atoms with Gasteiger partial charge in [0, 0.05) is 47.6 Å². The predicted molar refractivity (Wildman–Crippen MR) is 171 cm³/mol. The second-order valence-corrected chi connectivity index (χ2v) is 16.5. The summed E-state index contributed by atoms with van der Waals surface area (Å²) in [5.41, 5.74) is 5.34. The molecule has 4 heterocycles. The Morgan fingerprint density at radius 1 is 0.955 bits per heavy atom. The van der Waals surface area contributed by atoms with E-state index in [1.165, 1.54) is 36.0 Å². The van der Waals surface area contributed by atoms with Crippen LogP contribution in [0.3, 0.4) is 0 Å². The van der Waals surface area contributed by atoms with Crippen molar-refractivity contribution in [2.24, 2.45) is 0 Å². The van der Waals surface area contributed by atoms with Crippen LogP contribution in [0.5, 0.6) is 0 Å². The van der Waals surface area contributed by atoms with Gasteiger partial charge in [0.1, 0.15) is 5.54 Å². The fraction of sp³-hybridized carbons (Fsp3) is 0.543. The van der Waals surface area contributed by atoms with Crippen LogP contribution in [-0.4, -0.2) is 72.1 Å². The van der Waals surface area contributed by atoms with E-state index in [2.05, 4.69) is 50.4 Å².